The number of rotatable bonds is 2. The number of likely N-dealkylation sites (N-methyl/N-ethyl adjacent to an activating group) is 1. The van der Waals surface area contributed by atoms with E-state index in [0.29, 0.717) is 4.48 Å². The number of carboxylic acid groups (broad SMARTS) is 1. The highest BCUT2D eigenvalue weighted by atomic mass is 79.9. The Bertz CT molecular complexity index is 119. The van der Waals surface area contributed by atoms with Gasteiger partial charge >= 0.3 is 5.97 Å². The Morgan fingerprint density at radius 2 is 1.70 bits per heavy atom. The molecule has 0 fully saturated rings. The first-order valence-corrected chi connectivity index (χ1v) is 2.89. The molecule has 0 bridgehead atoms. The Balaban J connectivity index is 0. The number of halogens is 1. The van der Waals surface area contributed by atoms with Gasteiger partial charge in [-0.15, -0.1) is 0 Å². The van der Waals surface area contributed by atoms with Crippen molar-refractivity contribution < 1.29 is 31.4 Å². The Morgan fingerprint density at radius 1 is 1.40 bits per heavy atom. The van der Waals surface area contributed by atoms with Crippen LogP contribution < -0.4 is 17.0 Å². The van der Waals surface area contributed by atoms with E-state index < -0.39 is 5.97 Å². The predicted octanol–water partition coefficient (Wildman–Crippen LogP) is -2.83. The van der Waals surface area contributed by atoms with Gasteiger partial charge in [-0.1, -0.05) is 0 Å². The van der Waals surface area contributed by atoms with Crippen molar-refractivity contribution in [2.45, 2.75) is 13.0 Å². The monoisotopic (exact) mass is 211 g/mol. The first-order valence-electron chi connectivity index (χ1n) is 2.89. The van der Waals surface area contributed by atoms with Gasteiger partial charge < -0.3 is 26.6 Å². The van der Waals surface area contributed by atoms with Gasteiger partial charge in [0.05, 0.1) is 21.1 Å². The third-order valence-corrected chi connectivity index (χ3v) is 1.52. The zero-order valence-corrected chi connectivity index (χ0v) is 8.34. The van der Waals surface area contributed by atoms with Crippen LogP contribution in [-0.2, 0) is 4.79 Å². The van der Waals surface area contributed by atoms with Crippen molar-refractivity contribution >= 4 is 5.97 Å². The topological polar surface area (TPSA) is 37.3 Å². The van der Waals surface area contributed by atoms with E-state index in [0.717, 1.165) is 0 Å². The van der Waals surface area contributed by atoms with Crippen molar-refractivity contribution in [3.8, 4) is 0 Å². The van der Waals surface area contributed by atoms with Crippen LogP contribution in [-0.4, -0.2) is 42.7 Å². The Hall–Kier alpha value is -0.0900. The fraction of sp³-hybridized carbons (Fsp3) is 0.833. The number of nitrogens with zero attached hydrogens (tertiary/aromatic N) is 1. The molecular formula is C6H14BrNO2. The molecule has 0 heterocycles. The molecule has 0 radical (unpaired) electrons. The Morgan fingerprint density at radius 3 is 1.70 bits per heavy atom. The fourth-order valence-corrected chi connectivity index (χ4v) is 0.331. The van der Waals surface area contributed by atoms with Crippen LogP contribution in [0.25, 0.3) is 0 Å². The summed E-state index contributed by atoms with van der Waals surface area (Å²) in [6.45, 7) is 1.70. The molecule has 62 valence electrons. The first kappa shape index (κ1) is 12.6. The normalized spacial score (nSPS) is 13.6. The summed E-state index contributed by atoms with van der Waals surface area (Å²) < 4.78 is 0.468. The summed E-state index contributed by atoms with van der Waals surface area (Å²) in [5.41, 5.74) is 0. The minimum atomic E-state index is -0.748. The summed E-state index contributed by atoms with van der Waals surface area (Å²) in [7, 11) is 5.58. The third kappa shape index (κ3) is 3.85. The summed E-state index contributed by atoms with van der Waals surface area (Å²) in [4.78, 5) is 10.3. The largest absolute Gasteiger partial charge is 1.00 e. The first-order chi connectivity index (χ1) is 3.85. The van der Waals surface area contributed by atoms with Crippen LogP contribution >= 0.6 is 0 Å². The van der Waals surface area contributed by atoms with Crippen LogP contribution in [0.4, 0.5) is 0 Å². The second kappa shape index (κ2) is 3.93. The molecule has 0 aromatic rings. The minimum Gasteiger partial charge on any atom is -1.00 e. The lowest BCUT2D eigenvalue weighted by atomic mass is 10.3. The van der Waals surface area contributed by atoms with Crippen molar-refractivity contribution in [1.29, 1.82) is 0 Å². The van der Waals surface area contributed by atoms with Gasteiger partial charge in [-0.05, 0) is 6.92 Å². The van der Waals surface area contributed by atoms with Gasteiger partial charge in [-0.25, -0.2) is 4.79 Å². The predicted molar refractivity (Wildman–Crippen MR) is 35.1 cm³/mol. The van der Waals surface area contributed by atoms with Crippen LogP contribution in [0.5, 0.6) is 0 Å². The molecule has 0 rings (SSSR count). The average Bonchev–Trinajstić information content (AvgIpc) is 1.62. The van der Waals surface area contributed by atoms with Crippen LogP contribution in [0.15, 0.2) is 0 Å². The maximum absolute atomic E-state index is 10.3. The van der Waals surface area contributed by atoms with Gasteiger partial charge in [0, 0.05) is 0 Å². The minimum absolute atomic E-state index is 0. The molecule has 0 saturated heterocycles. The molecule has 10 heavy (non-hydrogen) atoms. The highest BCUT2D eigenvalue weighted by molar-refractivity contribution is 5.71. The molecule has 1 unspecified atom stereocenters. The zero-order valence-electron chi connectivity index (χ0n) is 6.76. The molecule has 0 aromatic carbocycles. The van der Waals surface area contributed by atoms with E-state index in [1.165, 1.54) is 0 Å². The maximum atomic E-state index is 10.3. The van der Waals surface area contributed by atoms with E-state index in [4.69, 9.17) is 5.11 Å². The fourth-order valence-electron chi connectivity index (χ4n) is 0.331. The molecule has 1 N–H and O–H groups in total. The van der Waals surface area contributed by atoms with Crippen molar-refractivity contribution in [3.63, 3.8) is 0 Å². The molecule has 0 aromatic heterocycles. The van der Waals surface area contributed by atoms with E-state index in [1.54, 1.807) is 6.92 Å². The average molecular weight is 212 g/mol. The van der Waals surface area contributed by atoms with Gasteiger partial charge in [0.25, 0.3) is 0 Å². The number of hydrogen-bond donors (Lipinski definition) is 1. The van der Waals surface area contributed by atoms with Crippen LogP contribution in [0, 0.1) is 0 Å². The van der Waals surface area contributed by atoms with Crippen LogP contribution in [0.1, 0.15) is 6.92 Å². The molecule has 0 aliphatic heterocycles. The van der Waals surface area contributed by atoms with E-state index in [-0.39, 0.29) is 23.0 Å². The number of hydrogen-bond acceptors (Lipinski definition) is 1. The smallest absolute Gasteiger partial charge is 0.362 e. The second-order valence-corrected chi connectivity index (χ2v) is 3.13. The van der Waals surface area contributed by atoms with Gasteiger partial charge in [0.2, 0.25) is 0 Å². The molecule has 0 spiro atoms. The summed E-state index contributed by atoms with van der Waals surface area (Å²) in [6.07, 6.45) is 0. The maximum Gasteiger partial charge on any atom is 0.362 e. The van der Waals surface area contributed by atoms with Crippen molar-refractivity contribution in [3.05, 3.63) is 0 Å². The van der Waals surface area contributed by atoms with Gasteiger partial charge in [-0.3, -0.25) is 0 Å². The summed E-state index contributed by atoms with van der Waals surface area (Å²) in [6, 6.07) is -0.329. The SMILES string of the molecule is CC(C(=O)O)[N+](C)(C)C.[Br-]. The van der Waals surface area contributed by atoms with E-state index in [9.17, 15) is 4.79 Å². The highest BCUT2D eigenvalue weighted by Gasteiger charge is 2.24. The van der Waals surface area contributed by atoms with Crippen molar-refractivity contribution in [2.24, 2.45) is 0 Å². The molecule has 0 aliphatic rings. The van der Waals surface area contributed by atoms with E-state index >= 15 is 0 Å². The Labute approximate surface area is 72.0 Å². The lowest BCUT2D eigenvalue weighted by Crippen LogP contribution is -3.00. The molecular weight excluding hydrogens is 198 g/mol. The van der Waals surface area contributed by atoms with E-state index in [2.05, 4.69) is 0 Å². The van der Waals surface area contributed by atoms with E-state index in [1.807, 2.05) is 21.1 Å². The van der Waals surface area contributed by atoms with Gasteiger partial charge in [-0.2, -0.15) is 0 Å². The second-order valence-electron chi connectivity index (χ2n) is 3.13. The molecule has 0 saturated carbocycles. The molecule has 4 heteroatoms. The summed E-state index contributed by atoms with van der Waals surface area (Å²) in [5.74, 6) is -0.748. The third-order valence-electron chi connectivity index (χ3n) is 1.52. The lowest BCUT2D eigenvalue weighted by Gasteiger charge is -2.28. The standard InChI is InChI=1S/C6H13NO2.BrH/c1-5(6(8)9)7(2,3)4;/h5H,1-4H3;1H. The number of carboxylic acids is 1. The number of carbonyl (C=O) groups is 1. The number of quaternary nitrogens is 1. The van der Waals surface area contributed by atoms with Crippen molar-refractivity contribution in [2.75, 3.05) is 21.1 Å². The summed E-state index contributed by atoms with van der Waals surface area (Å²) in [5, 5.41) is 8.50. The quantitative estimate of drug-likeness (QED) is 0.501. The summed E-state index contributed by atoms with van der Waals surface area (Å²) >= 11 is 0. The molecule has 1 atom stereocenters. The molecule has 0 amide bonds. The van der Waals surface area contributed by atoms with Crippen LogP contribution in [0.3, 0.4) is 0 Å². The zero-order chi connectivity index (χ0) is 7.65. The van der Waals surface area contributed by atoms with Gasteiger partial charge in [0.1, 0.15) is 0 Å². The molecule has 3 nitrogen and oxygen atoms in total. The Kier molecular flexibility index (Phi) is 4.94. The van der Waals surface area contributed by atoms with Crippen molar-refractivity contribution in [1.82, 2.24) is 0 Å². The highest BCUT2D eigenvalue weighted by Crippen LogP contribution is 2.00. The lowest BCUT2D eigenvalue weighted by molar-refractivity contribution is -0.885. The van der Waals surface area contributed by atoms with Crippen LogP contribution in [0.2, 0.25) is 0 Å². The number of aliphatic carboxylic acids is 1. The molecule has 0 aliphatic carbocycles. The van der Waals surface area contributed by atoms with Gasteiger partial charge in [0.15, 0.2) is 6.04 Å².